The van der Waals surface area contributed by atoms with Gasteiger partial charge >= 0.3 is 0 Å². The summed E-state index contributed by atoms with van der Waals surface area (Å²) in [5, 5.41) is 1.68. The Morgan fingerprint density at radius 1 is 1.03 bits per heavy atom. The summed E-state index contributed by atoms with van der Waals surface area (Å²) < 4.78 is 5.92. The lowest BCUT2D eigenvalue weighted by Gasteiger charge is -2.28. The summed E-state index contributed by atoms with van der Waals surface area (Å²) >= 11 is 1.05. The minimum absolute atomic E-state index is 0.223. The number of benzene rings is 2. The summed E-state index contributed by atoms with van der Waals surface area (Å²) in [4.78, 5) is 30.2. The Labute approximate surface area is 179 Å². The number of nitrogens with zero attached hydrogens (tertiary/aromatic N) is 2. The van der Waals surface area contributed by atoms with Crippen molar-refractivity contribution in [2.75, 3.05) is 18.0 Å². The molecule has 2 amide bonds. The van der Waals surface area contributed by atoms with E-state index in [2.05, 4.69) is 39.5 Å². The Morgan fingerprint density at radius 2 is 1.80 bits per heavy atom. The van der Waals surface area contributed by atoms with E-state index < -0.39 is 0 Å². The molecule has 1 aromatic heterocycles. The number of aromatic nitrogens is 1. The van der Waals surface area contributed by atoms with Gasteiger partial charge in [-0.1, -0.05) is 30.0 Å². The van der Waals surface area contributed by atoms with Gasteiger partial charge in [-0.3, -0.25) is 14.9 Å². The number of fused-ring (bicyclic) bond motifs is 1. The highest BCUT2D eigenvalue weighted by Gasteiger charge is 2.31. The summed E-state index contributed by atoms with van der Waals surface area (Å²) in [6.07, 6.45) is 5.01. The molecule has 3 heterocycles. The van der Waals surface area contributed by atoms with Gasteiger partial charge < -0.3 is 9.32 Å². The minimum atomic E-state index is -0.375. The molecule has 6 nitrogen and oxygen atoms in total. The first kappa shape index (κ1) is 19.2. The van der Waals surface area contributed by atoms with E-state index in [-0.39, 0.29) is 16.4 Å². The van der Waals surface area contributed by atoms with Crippen LogP contribution in [0.1, 0.15) is 36.3 Å². The second kappa shape index (κ2) is 8.14. The molecule has 2 saturated heterocycles. The van der Waals surface area contributed by atoms with Gasteiger partial charge in [-0.25, -0.2) is 4.98 Å². The number of carbonyl (C=O) groups excluding carboxylic acids is 2. The van der Waals surface area contributed by atoms with Crippen molar-refractivity contribution in [2.45, 2.75) is 37.4 Å². The van der Waals surface area contributed by atoms with Gasteiger partial charge in [0.25, 0.3) is 5.24 Å². The van der Waals surface area contributed by atoms with Crippen molar-refractivity contribution >= 4 is 39.7 Å². The quantitative estimate of drug-likeness (QED) is 0.662. The van der Waals surface area contributed by atoms with Crippen molar-refractivity contribution < 1.29 is 14.0 Å². The standard InChI is InChI=1S/C23H23N3O3S/c27-22-20(30-23(28)25-22)13-16-6-9-19-18(12-16)24-21(29-19)14-15-4-7-17(8-5-15)26-10-2-1-3-11-26/h4-9,12,20H,1-3,10-11,13-14H2,(H,25,27,28). The Kier molecular flexibility index (Phi) is 5.21. The lowest BCUT2D eigenvalue weighted by Crippen LogP contribution is -2.29. The maximum absolute atomic E-state index is 11.8. The highest BCUT2D eigenvalue weighted by atomic mass is 32.2. The lowest BCUT2D eigenvalue weighted by molar-refractivity contribution is -0.118. The number of piperidine rings is 1. The van der Waals surface area contributed by atoms with Crippen LogP contribution >= 0.6 is 11.8 Å². The number of hydrogen-bond donors (Lipinski definition) is 1. The number of rotatable bonds is 5. The van der Waals surface area contributed by atoms with E-state index in [9.17, 15) is 9.59 Å². The third-order valence-corrected chi connectivity index (χ3v) is 6.68. The number of hydrogen-bond acceptors (Lipinski definition) is 6. The number of imide groups is 1. The van der Waals surface area contributed by atoms with Crippen molar-refractivity contribution in [1.82, 2.24) is 10.3 Å². The van der Waals surface area contributed by atoms with E-state index in [1.54, 1.807) is 0 Å². The fourth-order valence-corrected chi connectivity index (χ4v) is 4.98. The fraction of sp³-hybridized carbons (Fsp3) is 0.348. The zero-order valence-electron chi connectivity index (χ0n) is 16.6. The molecule has 154 valence electrons. The molecule has 2 aromatic carbocycles. The van der Waals surface area contributed by atoms with Crippen LogP contribution in [-0.2, 0) is 17.6 Å². The third-order valence-electron chi connectivity index (χ3n) is 5.70. The van der Waals surface area contributed by atoms with E-state index >= 15 is 0 Å². The number of carbonyl (C=O) groups is 2. The molecular formula is C23H23N3O3S. The Balaban J connectivity index is 1.28. The molecule has 2 aliphatic rings. The molecule has 5 rings (SSSR count). The van der Waals surface area contributed by atoms with Crippen molar-refractivity contribution in [3.05, 3.63) is 59.5 Å². The van der Waals surface area contributed by atoms with E-state index in [0.717, 1.165) is 41.5 Å². The molecule has 0 aliphatic carbocycles. The summed E-state index contributed by atoms with van der Waals surface area (Å²) in [6, 6.07) is 14.4. The predicted molar refractivity (Wildman–Crippen MR) is 118 cm³/mol. The van der Waals surface area contributed by atoms with E-state index in [4.69, 9.17) is 4.42 Å². The average Bonchev–Trinajstić information content (AvgIpc) is 3.30. The molecule has 0 radical (unpaired) electrons. The summed E-state index contributed by atoms with van der Waals surface area (Å²) in [5.74, 6) is 0.454. The predicted octanol–water partition coefficient (Wildman–Crippen LogP) is 4.30. The molecule has 1 N–H and O–H groups in total. The van der Waals surface area contributed by atoms with Crippen LogP contribution in [-0.4, -0.2) is 34.5 Å². The van der Waals surface area contributed by atoms with Gasteiger partial charge in [-0.15, -0.1) is 0 Å². The van der Waals surface area contributed by atoms with Gasteiger partial charge in [0.05, 0.1) is 5.25 Å². The monoisotopic (exact) mass is 421 g/mol. The van der Waals surface area contributed by atoms with Crippen molar-refractivity contribution in [2.24, 2.45) is 0 Å². The Morgan fingerprint density at radius 3 is 2.53 bits per heavy atom. The van der Waals surface area contributed by atoms with E-state index in [1.165, 1.54) is 30.5 Å². The van der Waals surface area contributed by atoms with Crippen LogP contribution in [0.2, 0.25) is 0 Å². The molecule has 0 saturated carbocycles. The second-order valence-corrected chi connectivity index (χ2v) is 9.06. The highest BCUT2D eigenvalue weighted by Crippen LogP contribution is 2.26. The van der Waals surface area contributed by atoms with Crippen LogP contribution in [0.25, 0.3) is 11.1 Å². The summed E-state index contributed by atoms with van der Waals surface area (Å²) in [7, 11) is 0. The van der Waals surface area contributed by atoms with Crippen LogP contribution in [0.3, 0.4) is 0 Å². The van der Waals surface area contributed by atoms with Crippen LogP contribution in [0, 0.1) is 0 Å². The Hall–Kier alpha value is -2.80. The molecule has 1 atom stereocenters. The molecule has 1 unspecified atom stereocenters. The van der Waals surface area contributed by atoms with Crippen molar-refractivity contribution in [1.29, 1.82) is 0 Å². The molecule has 3 aromatic rings. The third kappa shape index (κ3) is 4.07. The zero-order chi connectivity index (χ0) is 20.5. The normalized spacial score (nSPS) is 19.5. The lowest BCUT2D eigenvalue weighted by atomic mass is 10.1. The van der Waals surface area contributed by atoms with Gasteiger partial charge in [0, 0.05) is 25.2 Å². The first-order valence-electron chi connectivity index (χ1n) is 10.4. The van der Waals surface area contributed by atoms with E-state index in [1.807, 2.05) is 18.2 Å². The van der Waals surface area contributed by atoms with Crippen molar-refractivity contribution in [3.8, 4) is 0 Å². The fourth-order valence-electron chi connectivity index (χ4n) is 4.12. The minimum Gasteiger partial charge on any atom is -0.440 e. The number of amides is 2. The maximum Gasteiger partial charge on any atom is 0.286 e. The van der Waals surface area contributed by atoms with Gasteiger partial charge in [-0.2, -0.15) is 0 Å². The molecule has 2 aliphatic heterocycles. The van der Waals surface area contributed by atoms with Crippen LogP contribution in [0.4, 0.5) is 10.5 Å². The first-order chi connectivity index (χ1) is 14.6. The van der Waals surface area contributed by atoms with Gasteiger partial charge in [0.1, 0.15) is 5.52 Å². The SMILES string of the molecule is O=C1NC(=O)C(Cc2ccc3oc(Cc4ccc(N5CCCCC5)cc4)nc3c2)S1. The van der Waals surface area contributed by atoms with Gasteiger partial charge in [-0.05, 0) is 61.1 Å². The van der Waals surface area contributed by atoms with Gasteiger partial charge in [0.15, 0.2) is 11.5 Å². The molecule has 0 bridgehead atoms. The van der Waals surface area contributed by atoms with E-state index in [0.29, 0.717) is 18.7 Å². The van der Waals surface area contributed by atoms with Crippen molar-refractivity contribution in [3.63, 3.8) is 0 Å². The molecular weight excluding hydrogens is 398 g/mol. The van der Waals surface area contributed by atoms with Crippen LogP contribution < -0.4 is 10.2 Å². The van der Waals surface area contributed by atoms with Crippen LogP contribution in [0.15, 0.2) is 46.9 Å². The smallest absolute Gasteiger partial charge is 0.286 e. The number of anilines is 1. The highest BCUT2D eigenvalue weighted by molar-refractivity contribution is 8.15. The second-order valence-electron chi connectivity index (χ2n) is 7.89. The molecule has 0 spiro atoms. The van der Waals surface area contributed by atoms with Crippen LogP contribution in [0.5, 0.6) is 0 Å². The molecule has 30 heavy (non-hydrogen) atoms. The number of thioether (sulfide) groups is 1. The summed E-state index contributed by atoms with van der Waals surface area (Å²) in [6.45, 7) is 2.28. The molecule has 2 fully saturated rings. The topological polar surface area (TPSA) is 75.4 Å². The maximum atomic E-state index is 11.8. The zero-order valence-corrected chi connectivity index (χ0v) is 17.4. The number of nitrogens with one attached hydrogen (secondary N) is 1. The average molecular weight is 422 g/mol. The summed E-state index contributed by atoms with van der Waals surface area (Å²) in [5.41, 5.74) is 4.93. The van der Waals surface area contributed by atoms with Gasteiger partial charge in [0.2, 0.25) is 5.91 Å². The number of oxazole rings is 1. The Bertz CT molecular complexity index is 1090. The first-order valence-corrected chi connectivity index (χ1v) is 11.3. The largest absolute Gasteiger partial charge is 0.440 e. The molecule has 7 heteroatoms.